The van der Waals surface area contributed by atoms with Crippen LogP contribution in [0.1, 0.15) is 17.5 Å². The third kappa shape index (κ3) is 4.13. The molecule has 1 amide bonds. The zero-order valence-electron chi connectivity index (χ0n) is 12.0. The van der Waals surface area contributed by atoms with Gasteiger partial charge in [0.25, 0.3) is 0 Å². The van der Waals surface area contributed by atoms with Crippen LogP contribution in [-0.2, 0) is 11.3 Å². The molecule has 0 heterocycles. The molecule has 0 spiro atoms. The minimum Gasteiger partial charge on any atom is -0.496 e. The molecule has 0 radical (unpaired) electrons. The van der Waals surface area contributed by atoms with Crippen molar-refractivity contribution in [3.63, 3.8) is 0 Å². The lowest BCUT2D eigenvalue weighted by molar-refractivity contribution is -0.121. The molecular formula is C14H22N2O3. The van der Waals surface area contributed by atoms with E-state index in [2.05, 4.69) is 10.6 Å². The van der Waals surface area contributed by atoms with E-state index in [0.717, 1.165) is 22.6 Å². The lowest BCUT2D eigenvalue weighted by Crippen LogP contribution is -2.26. The Morgan fingerprint density at radius 2 is 2.00 bits per heavy atom. The molecule has 0 atom stereocenters. The van der Waals surface area contributed by atoms with Crippen LogP contribution >= 0.6 is 0 Å². The molecular weight excluding hydrogens is 244 g/mol. The van der Waals surface area contributed by atoms with Crippen LogP contribution in [0.3, 0.4) is 0 Å². The van der Waals surface area contributed by atoms with Gasteiger partial charge in [-0.05, 0) is 26.1 Å². The number of methoxy groups -OCH3 is 2. The maximum absolute atomic E-state index is 11.6. The third-order valence-corrected chi connectivity index (χ3v) is 2.94. The fraction of sp³-hybridized carbons (Fsp3) is 0.500. The molecule has 2 N–H and O–H groups in total. The Hall–Kier alpha value is -1.75. The highest BCUT2D eigenvalue weighted by Gasteiger charge is 2.11. The Bertz CT molecular complexity index is 433. The Balaban J connectivity index is 2.73. The standard InChI is InChI=1S/C14H22N2O3/c1-10-12(18-3)6-5-11(14(10)19-4)9-16-13(17)7-8-15-2/h5-6,15H,7-9H2,1-4H3,(H,16,17). The second-order valence-corrected chi connectivity index (χ2v) is 4.22. The summed E-state index contributed by atoms with van der Waals surface area (Å²) in [6.45, 7) is 3.06. The summed E-state index contributed by atoms with van der Waals surface area (Å²) in [6.07, 6.45) is 0.466. The summed E-state index contributed by atoms with van der Waals surface area (Å²) in [5.74, 6) is 1.56. The molecule has 0 saturated heterocycles. The van der Waals surface area contributed by atoms with Gasteiger partial charge in [-0.1, -0.05) is 0 Å². The Labute approximate surface area is 114 Å². The zero-order chi connectivity index (χ0) is 14.3. The van der Waals surface area contributed by atoms with E-state index in [0.29, 0.717) is 19.5 Å². The van der Waals surface area contributed by atoms with E-state index < -0.39 is 0 Å². The number of benzene rings is 1. The van der Waals surface area contributed by atoms with E-state index in [-0.39, 0.29) is 5.91 Å². The average molecular weight is 266 g/mol. The second kappa shape index (κ2) is 7.63. The normalized spacial score (nSPS) is 10.1. The molecule has 1 aromatic rings. The molecule has 0 bridgehead atoms. The lowest BCUT2D eigenvalue weighted by Gasteiger charge is -2.15. The van der Waals surface area contributed by atoms with Crippen LogP contribution in [0.2, 0.25) is 0 Å². The first-order chi connectivity index (χ1) is 9.13. The van der Waals surface area contributed by atoms with Gasteiger partial charge in [0.15, 0.2) is 0 Å². The van der Waals surface area contributed by atoms with Gasteiger partial charge < -0.3 is 20.1 Å². The number of hydrogen-bond donors (Lipinski definition) is 2. The SMILES string of the molecule is CNCCC(=O)NCc1ccc(OC)c(C)c1OC. The van der Waals surface area contributed by atoms with E-state index in [1.165, 1.54) is 0 Å². The number of nitrogens with one attached hydrogen (secondary N) is 2. The molecule has 1 rings (SSSR count). The first-order valence-corrected chi connectivity index (χ1v) is 6.25. The summed E-state index contributed by atoms with van der Waals surface area (Å²) < 4.78 is 10.6. The second-order valence-electron chi connectivity index (χ2n) is 4.22. The summed E-state index contributed by atoms with van der Waals surface area (Å²) in [6, 6.07) is 3.79. The van der Waals surface area contributed by atoms with Gasteiger partial charge in [0.1, 0.15) is 11.5 Å². The largest absolute Gasteiger partial charge is 0.496 e. The zero-order valence-corrected chi connectivity index (χ0v) is 12.0. The monoisotopic (exact) mass is 266 g/mol. The Morgan fingerprint density at radius 1 is 1.26 bits per heavy atom. The molecule has 5 nitrogen and oxygen atoms in total. The molecule has 0 unspecified atom stereocenters. The van der Waals surface area contributed by atoms with Crippen LogP contribution in [0.25, 0.3) is 0 Å². The minimum atomic E-state index is 0.0184. The van der Waals surface area contributed by atoms with E-state index in [1.807, 2.05) is 26.1 Å². The maximum Gasteiger partial charge on any atom is 0.221 e. The van der Waals surface area contributed by atoms with E-state index >= 15 is 0 Å². The van der Waals surface area contributed by atoms with Gasteiger partial charge in [-0.25, -0.2) is 0 Å². The number of carbonyl (C=O) groups excluding carboxylic acids is 1. The van der Waals surface area contributed by atoms with E-state index in [9.17, 15) is 4.79 Å². The topological polar surface area (TPSA) is 59.6 Å². The van der Waals surface area contributed by atoms with Gasteiger partial charge in [0, 0.05) is 30.6 Å². The third-order valence-electron chi connectivity index (χ3n) is 2.94. The van der Waals surface area contributed by atoms with Gasteiger partial charge in [-0.3, -0.25) is 4.79 Å². The lowest BCUT2D eigenvalue weighted by atomic mass is 10.1. The Kier molecular flexibility index (Phi) is 6.15. The quantitative estimate of drug-likeness (QED) is 0.779. The van der Waals surface area contributed by atoms with Crippen LogP contribution in [0.4, 0.5) is 0 Å². The average Bonchev–Trinajstić information content (AvgIpc) is 2.42. The van der Waals surface area contributed by atoms with Crippen molar-refractivity contribution in [1.82, 2.24) is 10.6 Å². The molecule has 19 heavy (non-hydrogen) atoms. The van der Waals surface area contributed by atoms with Crippen LogP contribution in [0.5, 0.6) is 11.5 Å². The fourth-order valence-corrected chi connectivity index (χ4v) is 1.89. The molecule has 106 valence electrons. The van der Waals surface area contributed by atoms with Crippen molar-refractivity contribution in [2.24, 2.45) is 0 Å². The fourth-order valence-electron chi connectivity index (χ4n) is 1.89. The van der Waals surface area contributed by atoms with Crippen molar-refractivity contribution in [2.45, 2.75) is 19.9 Å². The summed E-state index contributed by atoms with van der Waals surface area (Å²) in [5.41, 5.74) is 1.88. The predicted octanol–water partition coefficient (Wildman–Crippen LogP) is 1.24. The van der Waals surface area contributed by atoms with E-state index in [1.54, 1.807) is 14.2 Å². The van der Waals surface area contributed by atoms with Crippen molar-refractivity contribution >= 4 is 5.91 Å². The van der Waals surface area contributed by atoms with Crippen molar-refractivity contribution in [2.75, 3.05) is 27.8 Å². The van der Waals surface area contributed by atoms with Crippen LogP contribution in [0, 0.1) is 6.92 Å². The van der Waals surface area contributed by atoms with Crippen molar-refractivity contribution in [1.29, 1.82) is 0 Å². The predicted molar refractivity (Wildman–Crippen MR) is 74.7 cm³/mol. The van der Waals surface area contributed by atoms with Gasteiger partial charge in [-0.2, -0.15) is 0 Å². The number of carbonyl (C=O) groups is 1. The summed E-state index contributed by atoms with van der Waals surface area (Å²) in [4.78, 5) is 11.6. The van der Waals surface area contributed by atoms with Gasteiger partial charge in [-0.15, -0.1) is 0 Å². The van der Waals surface area contributed by atoms with Crippen LogP contribution in [0.15, 0.2) is 12.1 Å². The molecule has 0 saturated carbocycles. The number of hydrogen-bond acceptors (Lipinski definition) is 4. The molecule has 1 aromatic carbocycles. The first kappa shape index (κ1) is 15.3. The number of ether oxygens (including phenoxy) is 2. The highest BCUT2D eigenvalue weighted by Crippen LogP contribution is 2.31. The molecule has 0 fully saturated rings. The van der Waals surface area contributed by atoms with Gasteiger partial charge >= 0.3 is 0 Å². The summed E-state index contributed by atoms with van der Waals surface area (Å²) in [7, 11) is 5.07. The Morgan fingerprint density at radius 3 is 2.58 bits per heavy atom. The van der Waals surface area contributed by atoms with Crippen LogP contribution < -0.4 is 20.1 Å². The molecule has 5 heteroatoms. The smallest absolute Gasteiger partial charge is 0.221 e. The molecule has 0 aliphatic carbocycles. The van der Waals surface area contributed by atoms with Crippen molar-refractivity contribution in [3.05, 3.63) is 23.3 Å². The summed E-state index contributed by atoms with van der Waals surface area (Å²) in [5, 5.41) is 5.81. The van der Waals surface area contributed by atoms with Crippen molar-refractivity contribution < 1.29 is 14.3 Å². The van der Waals surface area contributed by atoms with Gasteiger partial charge in [0.05, 0.1) is 14.2 Å². The summed E-state index contributed by atoms with van der Waals surface area (Å²) >= 11 is 0. The minimum absolute atomic E-state index is 0.0184. The first-order valence-electron chi connectivity index (χ1n) is 6.25. The molecule has 0 aromatic heterocycles. The highest BCUT2D eigenvalue weighted by atomic mass is 16.5. The number of amides is 1. The maximum atomic E-state index is 11.6. The number of rotatable bonds is 7. The van der Waals surface area contributed by atoms with Gasteiger partial charge in [0.2, 0.25) is 5.91 Å². The molecule has 0 aliphatic rings. The van der Waals surface area contributed by atoms with Crippen LogP contribution in [-0.4, -0.2) is 33.7 Å². The highest BCUT2D eigenvalue weighted by molar-refractivity contribution is 5.76. The molecule has 0 aliphatic heterocycles. The van der Waals surface area contributed by atoms with E-state index in [4.69, 9.17) is 9.47 Å². The van der Waals surface area contributed by atoms with Crippen molar-refractivity contribution in [3.8, 4) is 11.5 Å².